The fraction of sp³-hybridized carbons (Fsp3) is 0.321. The number of phenols is 1. The van der Waals surface area contributed by atoms with Crippen LogP contribution in [0, 0.1) is 5.92 Å². The summed E-state index contributed by atoms with van der Waals surface area (Å²) in [6.45, 7) is 5.33. The van der Waals surface area contributed by atoms with E-state index in [2.05, 4.69) is 15.6 Å². The molecule has 0 saturated carbocycles. The molecule has 0 aliphatic rings. The number of nitrogens with zero attached hydrogens (tertiary/aromatic N) is 1. The van der Waals surface area contributed by atoms with Gasteiger partial charge < -0.3 is 25.6 Å². The summed E-state index contributed by atoms with van der Waals surface area (Å²) >= 11 is 0. The van der Waals surface area contributed by atoms with Gasteiger partial charge in [0.1, 0.15) is 17.8 Å². The first-order valence-electron chi connectivity index (χ1n) is 12.0. The second-order valence-corrected chi connectivity index (χ2v) is 9.35. The summed E-state index contributed by atoms with van der Waals surface area (Å²) in [5, 5.41) is 16.1. The van der Waals surface area contributed by atoms with E-state index >= 15 is 0 Å². The molecule has 3 rings (SSSR count). The topological polar surface area (TPSA) is 115 Å². The number of amides is 3. The smallest absolute Gasteiger partial charge is 0.246 e. The van der Waals surface area contributed by atoms with Gasteiger partial charge in [0, 0.05) is 49.3 Å². The predicted octanol–water partition coefficient (Wildman–Crippen LogP) is 3.58. The monoisotopic (exact) mass is 490 g/mol. The summed E-state index contributed by atoms with van der Waals surface area (Å²) in [7, 11) is 1.59. The summed E-state index contributed by atoms with van der Waals surface area (Å²) in [6.07, 6.45) is 5.97. The molecule has 36 heavy (non-hydrogen) atoms. The largest absolute Gasteiger partial charge is 0.508 e. The number of hydrogen-bond donors (Lipinski definition) is 4. The highest BCUT2D eigenvalue weighted by molar-refractivity contribution is 5.93. The number of carbonyl (C=O) groups is 3. The van der Waals surface area contributed by atoms with E-state index in [1.807, 2.05) is 50.4 Å². The van der Waals surface area contributed by atoms with E-state index in [-0.39, 0.29) is 35.8 Å². The van der Waals surface area contributed by atoms with E-state index in [9.17, 15) is 19.5 Å². The second kappa shape index (κ2) is 12.1. The first kappa shape index (κ1) is 26.5. The number of aromatic hydroxyl groups is 1. The Morgan fingerprint density at radius 1 is 1.08 bits per heavy atom. The van der Waals surface area contributed by atoms with Gasteiger partial charge >= 0.3 is 0 Å². The van der Waals surface area contributed by atoms with Crippen molar-refractivity contribution in [2.45, 2.75) is 45.7 Å². The maximum absolute atomic E-state index is 13.4. The number of aromatic amines is 1. The van der Waals surface area contributed by atoms with E-state index in [0.29, 0.717) is 6.42 Å². The van der Waals surface area contributed by atoms with Crippen molar-refractivity contribution in [1.82, 2.24) is 20.5 Å². The first-order chi connectivity index (χ1) is 17.2. The number of aromatic nitrogens is 1. The van der Waals surface area contributed by atoms with E-state index in [1.54, 1.807) is 25.4 Å². The molecule has 0 aliphatic carbocycles. The van der Waals surface area contributed by atoms with Crippen LogP contribution in [0.5, 0.6) is 5.75 Å². The van der Waals surface area contributed by atoms with Crippen molar-refractivity contribution < 1.29 is 19.5 Å². The van der Waals surface area contributed by atoms with Gasteiger partial charge in [-0.15, -0.1) is 0 Å². The van der Waals surface area contributed by atoms with Crippen molar-refractivity contribution >= 4 is 34.7 Å². The number of rotatable bonds is 10. The summed E-state index contributed by atoms with van der Waals surface area (Å²) in [5.74, 6) is -0.730. The quantitative estimate of drug-likeness (QED) is 0.348. The average Bonchev–Trinajstić information content (AvgIpc) is 3.25. The van der Waals surface area contributed by atoms with Crippen molar-refractivity contribution in [3.8, 4) is 5.75 Å². The molecule has 0 aliphatic heterocycles. The number of benzene rings is 2. The Kier molecular flexibility index (Phi) is 8.89. The molecule has 3 aromatic rings. The zero-order valence-electron chi connectivity index (χ0n) is 21.1. The van der Waals surface area contributed by atoms with Gasteiger partial charge in [-0.1, -0.05) is 44.2 Å². The maximum atomic E-state index is 13.4. The first-order valence-corrected chi connectivity index (χ1v) is 12.0. The highest BCUT2D eigenvalue weighted by atomic mass is 16.3. The molecule has 0 unspecified atom stereocenters. The van der Waals surface area contributed by atoms with Crippen LogP contribution in [0.2, 0.25) is 0 Å². The van der Waals surface area contributed by atoms with Crippen LogP contribution in [0.3, 0.4) is 0 Å². The number of phenolic OH excluding ortho intramolecular Hbond substituents is 1. The molecule has 3 amide bonds. The molecule has 8 nitrogen and oxygen atoms in total. The van der Waals surface area contributed by atoms with E-state index < -0.39 is 12.1 Å². The zero-order valence-corrected chi connectivity index (χ0v) is 21.1. The van der Waals surface area contributed by atoms with Crippen LogP contribution in [-0.4, -0.2) is 51.8 Å². The molecule has 0 spiro atoms. The Morgan fingerprint density at radius 3 is 2.44 bits per heavy atom. The minimum Gasteiger partial charge on any atom is -0.508 e. The molecule has 0 radical (unpaired) electrons. The van der Waals surface area contributed by atoms with Gasteiger partial charge in [-0.05, 0) is 42.2 Å². The molecule has 0 fully saturated rings. The van der Waals surface area contributed by atoms with Crippen molar-refractivity contribution in [1.29, 1.82) is 0 Å². The SMILES string of the molecule is CC(=O)N[C@@H](Cc1ccc(O)cc1)C(=O)N(C)[C@@H](CC(C)C)C(=O)N/C=C\c1c[nH]c2ccccc12. The van der Waals surface area contributed by atoms with Crippen molar-refractivity contribution in [2.24, 2.45) is 5.92 Å². The minimum atomic E-state index is -0.846. The Hall–Kier alpha value is -4.07. The Bertz CT molecular complexity index is 1230. The van der Waals surface area contributed by atoms with Crippen molar-refractivity contribution in [3.05, 3.63) is 72.1 Å². The molecule has 1 heterocycles. The molecule has 8 heteroatoms. The Morgan fingerprint density at radius 2 is 1.78 bits per heavy atom. The lowest BCUT2D eigenvalue weighted by Crippen LogP contribution is -2.54. The minimum absolute atomic E-state index is 0.118. The number of likely N-dealkylation sites (N-methyl/N-ethyl adjacent to an activating group) is 1. The molecular formula is C28H34N4O4. The normalized spacial score (nSPS) is 13.0. The fourth-order valence-electron chi connectivity index (χ4n) is 4.14. The third kappa shape index (κ3) is 6.97. The zero-order chi connectivity index (χ0) is 26.2. The number of para-hydroxylation sites is 1. The van der Waals surface area contributed by atoms with Gasteiger partial charge in [0.05, 0.1) is 0 Å². The number of fused-ring (bicyclic) bond motifs is 1. The van der Waals surface area contributed by atoms with Crippen molar-refractivity contribution in [2.75, 3.05) is 7.05 Å². The third-order valence-corrected chi connectivity index (χ3v) is 5.97. The van der Waals surface area contributed by atoms with E-state index in [1.165, 1.54) is 24.0 Å². The Balaban J connectivity index is 1.75. The summed E-state index contributed by atoms with van der Waals surface area (Å²) in [6, 6.07) is 12.8. The molecule has 190 valence electrons. The third-order valence-electron chi connectivity index (χ3n) is 5.97. The highest BCUT2D eigenvalue weighted by Crippen LogP contribution is 2.19. The van der Waals surface area contributed by atoms with Gasteiger partial charge in [0.2, 0.25) is 17.7 Å². The lowest BCUT2D eigenvalue weighted by molar-refractivity contribution is -0.141. The number of nitrogens with one attached hydrogen (secondary N) is 3. The Labute approximate surface area is 211 Å². The molecule has 0 saturated heterocycles. The van der Waals surface area contributed by atoms with Crippen LogP contribution in [0.15, 0.2) is 60.9 Å². The van der Waals surface area contributed by atoms with Gasteiger partial charge in [-0.2, -0.15) is 0 Å². The van der Waals surface area contributed by atoms with Crippen LogP contribution in [0.4, 0.5) is 0 Å². The molecule has 2 aromatic carbocycles. The molecule has 4 N–H and O–H groups in total. The molecular weight excluding hydrogens is 456 g/mol. The number of carbonyl (C=O) groups excluding carboxylic acids is 3. The van der Waals surface area contributed by atoms with Crippen LogP contribution in [-0.2, 0) is 20.8 Å². The maximum Gasteiger partial charge on any atom is 0.246 e. The van der Waals surface area contributed by atoms with Gasteiger partial charge in [-0.3, -0.25) is 14.4 Å². The second-order valence-electron chi connectivity index (χ2n) is 9.35. The summed E-state index contributed by atoms with van der Waals surface area (Å²) in [5.41, 5.74) is 2.72. The van der Waals surface area contributed by atoms with Crippen LogP contribution in [0.1, 0.15) is 38.3 Å². The van der Waals surface area contributed by atoms with Crippen LogP contribution in [0.25, 0.3) is 17.0 Å². The van der Waals surface area contributed by atoms with Crippen molar-refractivity contribution in [3.63, 3.8) is 0 Å². The molecule has 2 atom stereocenters. The van der Waals surface area contributed by atoms with E-state index in [4.69, 9.17) is 0 Å². The summed E-state index contributed by atoms with van der Waals surface area (Å²) in [4.78, 5) is 43.1. The fourth-order valence-corrected chi connectivity index (χ4v) is 4.14. The molecule has 1 aromatic heterocycles. The van der Waals surface area contributed by atoms with Gasteiger partial charge in [-0.25, -0.2) is 0 Å². The van der Waals surface area contributed by atoms with Crippen LogP contribution < -0.4 is 10.6 Å². The number of H-pyrrole nitrogens is 1. The van der Waals surface area contributed by atoms with E-state index in [0.717, 1.165) is 22.0 Å². The van der Waals surface area contributed by atoms with Gasteiger partial charge in [0.15, 0.2) is 0 Å². The standard InChI is InChI=1S/C28H34N4O4/c1-18(2)15-26(27(35)29-14-13-21-17-30-24-8-6-5-7-23(21)24)32(4)28(36)25(31-19(3)33)16-20-9-11-22(34)12-10-20/h5-14,17-18,25-26,30,34H,15-16H2,1-4H3,(H,29,35)(H,31,33)/b14-13-/t25-,26-/m0/s1. The predicted molar refractivity (Wildman–Crippen MR) is 141 cm³/mol. The lowest BCUT2D eigenvalue weighted by Gasteiger charge is -2.31. The van der Waals surface area contributed by atoms with Gasteiger partial charge in [0.25, 0.3) is 0 Å². The average molecular weight is 491 g/mol. The summed E-state index contributed by atoms with van der Waals surface area (Å²) < 4.78 is 0. The lowest BCUT2D eigenvalue weighted by atomic mass is 9.99. The van der Waals surface area contributed by atoms with Crippen LogP contribution >= 0.6 is 0 Å². The molecule has 0 bridgehead atoms. The highest BCUT2D eigenvalue weighted by Gasteiger charge is 2.32. The number of hydrogen-bond acceptors (Lipinski definition) is 4.